The zero-order chi connectivity index (χ0) is 27.5. The maximum absolute atomic E-state index is 12.6. The van der Waals surface area contributed by atoms with Crippen molar-refractivity contribution in [2.45, 2.75) is 105 Å². The minimum Gasteiger partial charge on any atom is -0.478 e. The van der Waals surface area contributed by atoms with Crippen LogP contribution in [0.5, 0.6) is 0 Å². The zero-order valence-electron chi connectivity index (χ0n) is 23.7. The Balaban J connectivity index is 1.86. The lowest BCUT2D eigenvalue weighted by molar-refractivity contribution is -0.204. The lowest BCUT2D eigenvalue weighted by Gasteiger charge is -2.69. The maximum Gasteiger partial charge on any atom is 0.335 e. The summed E-state index contributed by atoms with van der Waals surface area (Å²) in [6.45, 7) is 14.6. The molecule has 4 fully saturated rings. The van der Waals surface area contributed by atoms with Gasteiger partial charge in [0, 0.05) is 13.0 Å². The van der Waals surface area contributed by atoms with Gasteiger partial charge < -0.3 is 20.7 Å². The van der Waals surface area contributed by atoms with Gasteiger partial charge in [-0.3, -0.25) is 4.79 Å². The number of nitrogens with two attached hydrogens (primary N) is 1. The average Bonchev–Trinajstić information content (AvgIpc) is 3.05. The first kappa shape index (κ1) is 28.1. The number of rotatable bonds is 4. The van der Waals surface area contributed by atoms with Gasteiger partial charge in [0.2, 0.25) is 0 Å². The molecule has 37 heavy (non-hydrogen) atoms. The fourth-order valence-electron chi connectivity index (χ4n) is 9.62. The van der Waals surface area contributed by atoms with Crippen LogP contribution in [0, 0.1) is 39.9 Å². The van der Waals surface area contributed by atoms with Gasteiger partial charge in [0.1, 0.15) is 6.10 Å². The van der Waals surface area contributed by atoms with Crippen LogP contribution in [0.25, 0.3) is 0 Å². The highest BCUT2D eigenvalue weighted by molar-refractivity contribution is 5.91. The molecule has 0 amide bonds. The molecule has 0 aliphatic heterocycles. The Morgan fingerprint density at radius 2 is 1.76 bits per heavy atom. The van der Waals surface area contributed by atoms with Crippen molar-refractivity contribution >= 4 is 11.9 Å². The standard InChI is InChI=1S/C31H47NO5/c1-17(2)9-8-10-20(28(35)36)26-22-15-23(32)27-29(5)13-12-24(34)18(3)21(29)11-14-30(27,6)31(22,7)16-25(26)37-19(4)33/h8-10,18,21-25,27,34H,11-16,32H2,1-7H3,(H,35,36)/b10-8-,26-20-/t18-,21-,22-,23-,24+,25-,27-,29-,30-,31-/m0/s1. The van der Waals surface area contributed by atoms with Crippen molar-refractivity contribution in [1.82, 2.24) is 0 Å². The van der Waals surface area contributed by atoms with Crippen LogP contribution in [0.1, 0.15) is 87.0 Å². The minimum atomic E-state index is -0.999. The molecule has 10 atom stereocenters. The highest BCUT2D eigenvalue weighted by Gasteiger charge is 2.70. The summed E-state index contributed by atoms with van der Waals surface area (Å²) in [6, 6.07) is -0.0961. The SMILES string of the molecule is CC(=O)O[C@H]1C[C@@]2(C)[C@@H](C[C@H](N)[C@H]3[C@@]4(C)CC[C@@H](O)[C@@H](C)[C@@H]4CC[C@@]32C)/C1=C(\C=C/C=C(C)C)C(=O)O. The third kappa shape index (κ3) is 4.32. The first-order valence-electron chi connectivity index (χ1n) is 14.1. The second-order valence-corrected chi connectivity index (χ2v) is 13.5. The number of carbonyl (C=O) groups excluding carboxylic acids is 1. The highest BCUT2D eigenvalue weighted by Crippen LogP contribution is 2.74. The quantitative estimate of drug-likeness (QED) is 0.263. The summed E-state index contributed by atoms with van der Waals surface area (Å²) in [5.41, 5.74) is 8.75. The van der Waals surface area contributed by atoms with E-state index < -0.39 is 12.1 Å². The number of carboxylic acid groups (broad SMARTS) is 1. The van der Waals surface area contributed by atoms with E-state index in [4.69, 9.17) is 10.5 Å². The van der Waals surface area contributed by atoms with Gasteiger partial charge in [-0.25, -0.2) is 4.79 Å². The lowest BCUT2D eigenvalue weighted by Crippen LogP contribution is -2.67. The number of aliphatic hydroxyl groups excluding tert-OH is 1. The summed E-state index contributed by atoms with van der Waals surface area (Å²) in [4.78, 5) is 24.8. The number of hydrogen-bond acceptors (Lipinski definition) is 5. The van der Waals surface area contributed by atoms with Gasteiger partial charge in [0.25, 0.3) is 0 Å². The molecule has 6 heteroatoms. The van der Waals surface area contributed by atoms with E-state index in [2.05, 4.69) is 27.7 Å². The Kier molecular flexibility index (Phi) is 7.35. The number of esters is 1. The lowest BCUT2D eigenvalue weighted by atomic mass is 9.36. The first-order chi connectivity index (χ1) is 17.2. The number of allylic oxidation sites excluding steroid dienone is 3. The molecule has 206 valence electrons. The van der Waals surface area contributed by atoms with E-state index >= 15 is 0 Å². The summed E-state index contributed by atoms with van der Waals surface area (Å²) < 4.78 is 5.88. The molecular weight excluding hydrogens is 466 g/mol. The van der Waals surface area contributed by atoms with Crippen molar-refractivity contribution in [2.75, 3.05) is 0 Å². The van der Waals surface area contributed by atoms with E-state index in [9.17, 15) is 19.8 Å². The van der Waals surface area contributed by atoms with Gasteiger partial charge in [-0.05, 0) is 104 Å². The Morgan fingerprint density at radius 1 is 1.08 bits per heavy atom. The second kappa shape index (κ2) is 9.68. The van der Waals surface area contributed by atoms with Crippen molar-refractivity contribution in [3.63, 3.8) is 0 Å². The van der Waals surface area contributed by atoms with E-state index in [1.54, 1.807) is 12.2 Å². The normalized spacial score (nSPS) is 46.5. The smallest absolute Gasteiger partial charge is 0.335 e. The molecule has 4 aliphatic carbocycles. The van der Waals surface area contributed by atoms with E-state index in [0.717, 1.165) is 36.8 Å². The van der Waals surface area contributed by atoms with Gasteiger partial charge >= 0.3 is 11.9 Å². The third-order valence-corrected chi connectivity index (χ3v) is 11.3. The van der Waals surface area contributed by atoms with Crippen LogP contribution in [0.4, 0.5) is 0 Å². The second-order valence-electron chi connectivity index (χ2n) is 13.5. The Morgan fingerprint density at radius 3 is 2.35 bits per heavy atom. The number of aliphatic carboxylic acids is 1. The molecule has 6 nitrogen and oxygen atoms in total. The number of carboxylic acids is 1. The Hall–Kier alpha value is -1.92. The maximum atomic E-state index is 12.6. The number of fused-ring (bicyclic) bond motifs is 5. The predicted molar refractivity (Wildman–Crippen MR) is 144 cm³/mol. The molecule has 0 spiro atoms. The monoisotopic (exact) mass is 513 g/mol. The molecule has 0 unspecified atom stereocenters. The van der Waals surface area contributed by atoms with E-state index in [-0.39, 0.29) is 57.7 Å². The van der Waals surface area contributed by atoms with Crippen molar-refractivity contribution in [1.29, 1.82) is 0 Å². The van der Waals surface area contributed by atoms with Crippen LogP contribution in [0.3, 0.4) is 0 Å². The number of hydrogen-bond donors (Lipinski definition) is 3. The molecule has 4 rings (SSSR count). The van der Waals surface area contributed by atoms with Gasteiger partial charge in [-0.15, -0.1) is 0 Å². The summed E-state index contributed by atoms with van der Waals surface area (Å²) in [5.74, 6) is -0.555. The summed E-state index contributed by atoms with van der Waals surface area (Å²) >= 11 is 0. The molecule has 0 bridgehead atoms. The van der Waals surface area contributed by atoms with E-state index in [1.807, 2.05) is 19.9 Å². The van der Waals surface area contributed by atoms with Crippen LogP contribution >= 0.6 is 0 Å². The third-order valence-electron chi connectivity index (χ3n) is 11.3. The Labute approximate surface area is 222 Å². The summed E-state index contributed by atoms with van der Waals surface area (Å²) in [5, 5.41) is 21.0. The molecule has 4 aliphatic rings. The zero-order valence-corrected chi connectivity index (χ0v) is 23.7. The van der Waals surface area contributed by atoms with Crippen LogP contribution < -0.4 is 5.73 Å². The van der Waals surface area contributed by atoms with Gasteiger partial charge in [0.05, 0.1) is 11.7 Å². The molecule has 0 aromatic carbocycles. The fraction of sp³-hybridized carbons (Fsp3) is 0.742. The van der Waals surface area contributed by atoms with Gasteiger partial charge in [-0.2, -0.15) is 0 Å². The van der Waals surface area contributed by atoms with Crippen LogP contribution in [0.2, 0.25) is 0 Å². The number of aliphatic hydroxyl groups is 1. The molecule has 0 aromatic rings. The molecule has 0 heterocycles. The van der Waals surface area contributed by atoms with Crippen molar-refractivity contribution in [3.8, 4) is 0 Å². The van der Waals surface area contributed by atoms with Gasteiger partial charge in [-0.1, -0.05) is 45.4 Å². The molecule has 0 saturated heterocycles. The molecule has 0 aromatic heterocycles. The van der Waals surface area contributed by atoms with Crippen LogP contribution in [0.15, 0.2) is 34.9 Å². The van der Waals surface area contributed by atoms with Crippen LogP contribution in [-0.2, 0) is 14.3 Å². The van der Waals surface area contributed by atoms with Crippen molar-refractivity contribution in [3.05, 3.63) is 34.9 Å². The van der Waals surface area contributed by atoms with Crippen LogP contribution in [-0.4, -0.2) is 40.4 Å². The van der Waals surface area contributed by atoms with E-state index in [0.29, 0.717) is 18.8 Å². The highest BCUT2D eigenvalue weighted by atomic mass is 16.5. The first-order valence-corrected chi connectivity index (χ1v) is 14.1. The molecule has 4 N–H and O–H groups in total. The van der Waals surface area contributed by atoms with Gasteiger partial charge in [0.15, 0.2) is 0 Å². The summed E-state index contributed by atoms with van der Waals surface area (Å²) in [6.07, 6.45) is 9.55. The van der Waals surface area contributed by atoms with Crippen molar-refractivity contribution in [2.24, 2.45) is 45.7 Å². The molecular formula is C31H47NO5. The number of carbonyl (C=O) groups is 2. The average molecular weight is 514 g/mol. The Bertz CT molecular complexity index is 1040. The molecule has 0 radical (unpaired) electrons. The summed E-state index contributed by atoms with van der Waals surface area (Å²) in [7, 11) is 0. The fourth-order valence-corrected chi connectivity index (χ4v) is 9.62. The number of ether oxygens (including phenoxy) is 1. The van der Waals surface area contributed by atoms with E-state index in [1.165, 1.54) is 6.92 Å². The topological polar surface area (TPSA) is 110 Å². The largest absolute Gasteiger partial charge is 0.478 e. The molecule has 4 saturated carbocycles. The van der Waals surface area contributed by atoms with Crippen molar-refractivity contribution < 1.29 is 24.5 Å². The predicted octanol–water partition coefficient (Wildman–Crippen LogP) is 5.41. The minimum absolute atomic E-state index is 0.0153.